The van der Waals surface area contributed by atoms with Crippen LogP contribution in [0.2, 0.25) is 0 Å². The molecule has 6 N–H and O–H groups in total. The molecule has 3 aromatic heterocycles. The molecule has 1 atom stereocenters. The Bertz CT molecular complexity index is 4510. The molecule has 2 aliphatic rings. The number of fused-ring (bicyclic) bond motifs is 1. The number of carbonyl (C=O) groups is 7. The van der Waals surface area contributed by atoms with E-state index < -0.39 is 35.1 Å². The van der Waals surface area contributed by atoms with Crippen molar-refractivity contribution in [3.05, 3.63) is 251 Å². The van der Waals surface area contributed by atoms with E-state index in [1.54, 1.807) is 76.7 Å². The Hall–Kier alpha value is -12.5. The number of nitrogens with one attached hydrogen (secondary N) is 3. The number of nitrogens with two attached hydrogens (primary N) is 1. The topological polar surface area (TPSA) is 308 Å². The summed E-state index contributed by atoms with van der Waals surface area (Å²) in [4.78, 5) is 93.4. The van der Waals surface area contributed by atoms with Crippen molar-refractivity contribution in [1.29, 1.82) is 0 Å². The molecule has 27 heteroatoms. The van der Waals surface area contributed by atoms with E-state index in [2.05, 4.69) is 30.9 Å². The van der Waals surface area contributed by atoms with Crippen LogP contribution in [0, 0.1) is 38.2 Å². The fourth-order valence-corrected chi connectivity index (χ4v) is 9.81. The highest BCUT2D eigenvalue weighted by Gasteiger charge is 2.54. The second kappa shape index (κ2) is 34.2. The van der Waals surface area contributed by atoms with Gasteiger partial charge in [-0.15, -0.1) is 5.10 Å². The number of aromatic nitrogens is 6. The van der Waals surface area contributed by atoms with Crippen LogP contribution in [-0.4, -0.2) is 107 Å². The molecule has 24 nitrogen and oxygen atoms in total. The molecule has 9 aromatic rings. The Balaban J connectivity index is 0.000000176. The van der Waals surface area contributed by atoms with E-state index >= 15 is 0 Å². The summed E-state index contributed by atoms with van der Waals surface area (Å²) in [6, 6.07) is 33.0. The number of methoxy groups -OCH3 is 3. The second-order valence-corrected chi connectivity index (χ2v) is 21.9. The molecule has 0 spiro atoms. The number of halogens is 3. The molecular weight excluding hydrogens is 1280 g/mol. The Morgan fingerprint density at radius 3 is 1.37 bits per heavy atom. The van der Waals surface area contributed by atoms with Crippen LogP contribution in [0.15, 0.2) is 188 Å². The predicted octanol–water partition coefficient (Wildman–Crippen LogP) is 10.4. The van der Waals surface area contributed by atoms with Crippen molar-refractivity contribution in [2.75, 3.05) is 21.3 Å². The van der Waals surface area contributed by atoms with Gasteiger partial charge in [-0.3, -0.25) is 49.8 Å². The van der Waals surface area contributed by atoms with E-state index in [0.29, 0.717) is 52.7 Å². The van der Waals surface area contributed by atoms with Crippen LogP contribution < -0.4 is 36.3 Å². The number of nitrogens with zero attached hydrogens (tertiary/aromatic N) is 8. The molecule has 0 radical (unpaired) electrons. The first-order valence-corrected chi connectivity index (χ1v) is 30.4. The minimum atomic E-state index is -1.02. The largest absolute Gasteiger partial charge is 0.495 e. The van der Waals surface area contributed by atoms with Gasteiger partial charge in [0.25, 0.3) is 11.8 Å². The Morgan fingerprint density at radius 2 is 0.970 bits per heavy atom. The van der Waals surface area contributed by atoms with Crippen molar-refractivity contribution < 1.29 is 70.8 Å². The molecule has 0 bridgehead atoms. The van der Waals surface area contributed by atoms with Gasteiger partial charge in [0.05, 0.1) is 80.9 Å². The Labute approximate surface area is 566 Å². The molecule has 99 heavy (non-hydrogen) atoms. The number of ketones is 2. The van der Waals surface area contributed by atoms with Crippen LogP contribution in [0.3, 0.4) is 0 Å². The van der Waals surface area contributed by atoms with Crippen molar-refractivity contribution in [2.45, 2.75) is 65.0 Å². The number of aliphatic carboxylic acids is 1. The highest BCUT2D eigenvalue weighted by atomic mass is 19.1. The highest BCUT2D eigenvalue weighted by molar-refractivity contribution is 5.99. The van der Waals surface area contributed by atoms with E-state index in [-0.39, 0.29) is 54.9 Å². The van der Waals surface area contributed by atoms with Crippen LogP contribution in [0.1, 0.15) is 98.6 Å². The fourth-order valence-electron chi connectivity index (χ4n) is 9.81. The van der Waals surface area contributed by atoms with E-state index in [1.807, 2.05) is 113 Å². The average molecular weight is 1350 g/mol. The first-order chi connectivity index (χ1) is 47.6. The smallest absolute Gasteiger partial charge is 0.303 e. The van der Waals surface area contributed by atoms with Gasteiger partial charge in [-0.25, -0.2) is 34.0 Å². The number of benzene rings is 6. The number of Topliss-reactive ketones (excluding diaryl/α,β-unsaturated/α-hetero) is 2. The average Bonchev–Trinajstić information content (AvgIpc) is 1.59. The zero-order valence-electron chi connectivity index (χ0n) is 54.5. The molecule has 0 saturated carbocycles. The minimum absolute atomic E-state index is 0.0546. The Kier molecular flexibility index (Phi) is 25.0. The van der Waals surface area contributed by atoms with Gasteiger partial charge in [0.15, 0.2) is 11.6 Å². The quantitative estimate of drug-likeness (QED) is 0.0147. The summed E-state index contributed by atoms with van der Waals surface area (Å²) in [7, 11) is 4.77. The van der Waals surface area contributed by atoms with Gasteiger partial charge < -0.3 is 37.8 Å². The maximum atomic E-state index is 13.4. The molecule has 11 rings (SSSR count). The third-order valence-electron chi connectivity index (χ3n) is 14.8. The van der Waals surface area contributed by atoms with Crippen LogP contribution in [-0.2, 0) is 34.4 Å². The molecule has 5 heterocycles. The van der Waals surface area contributed by atoms with Crippen molar-refractivity contribution in [3.8, 4) is 34.3 Å². The summed E-state index contributed by atoms with van der Waals surface area (Å²) >= 11 is 0. The van der Waals surface area contributed by atoms with Crippen molar-refractivity contribution >= 4 is 65.3 Å². The van der Waals surface area contributed by atoms with Gasteiger partial charge in [0.2, 0.25) is 23.4 Å². The third-order valence-corrected chi connectivity index (χ3v) is 14.8. The number of ether oxygens (including phenoxy) is 4. The minimum Gasteiger partial charge on any atom is -0.495 e. The van der Waals surface area contributed by atoms with E-state index in [1.165, 1.54) is 77.8 Å². The van der Waals surface area contributed by atoms with Gasteiger partial charge in [0.1, 0.15) is 34.7 Å². The molecule has 510 valence electrons. The van der Waals surface area contributed by atoms with Gasteiger partial charge in [-0.05, 0) is 153 Å². The lowest BCUT2D eigenvalue weighted by atomic mass is 10.0. The zero-order chi connectivity index (χ0) is 71.2. The zero-order valence-corrected chi connectivity index (χ0v) is 54.5. The molecule has 2 aliphatic heterocycles. The van der Waals surface area contributed by atoms with Crippen LogP contribution in [0.4, 0.5) is 13.2 Å². The summed E-state index contributed by atoms with van der Waals surface area (Å²) in [6.45, 7) is 5.74. The third kappa shape index (κ3) is 20.0. The molecule has 0 aliphatic carbocycles. The summed E-state index contributed by atoms with van der Waals surface area (Å²) < 4.78 is 66.9. The number of hydrogen-bond acceptors (Lipinski definition) is 16. The number of aryl methyl sites for hydroxylation is 3. The van der Waals surface area contributed by atoms with E-state index in [0.717, 1.165) is 50.8 Å². The lowest BCUT2D eigenvalue weighted by molar-refractivity contribution is -0.139. The summed E-state index contributed by atoms with van der Waals surface area (Å²) in [5, 5.41) is 14.1. The normalized spacial score (nSPS) is 13.6. The lowest BCUT2D eigenvalue weighted by Crippen LogP contribution is -2.40. The number of hydrogen-bond donors (Lipinski definition) is 5. The maximum absolute atomic E-state index is 13.4. The number of carbonyl (C=O) groups excluding carboxylic acids is 6. The fraction of sp³-hybridized carbons (Fsp3) is 0.181. The molecule has 1 saturated heterocycles. The predicted molar refractivity (Wildman–Crippen MR) is 361 cm³/mol. The standard InChI is InChI=1S/C24H23FN4O4.C24H21FN4O3.C14H16N4O2.C10H9FO3/c1-16-14-29(15-26-16)20-9-3-17(13-22(20)33-2)4-11-23(31)27-28-24(32)12-10-21(30)18-5-7-19(25)8-6-18;1-16-14-28(15-26-16)20-9-3-17(13-21(20)31-2)4-10-22-27-29-23(30)11-12-24(29,32-22)18-5-7-19(25)8-6-18;1-10-8-18(9-16-10)12-5-3-11(7-13(12)20-2)4-6-14(19)17-15;11-8-3-1-7(2-4-8)9(12)5-6-10(13)14/h3-9,11,13-15H,10,12H2,1-2H3,(H,27,31)(H,28,32);3-10,13-15H,11-12H2,1-2H3;3-9H,15H2,1-2H3,(H,17,19);1-4H,5-6H2,(H,13,14)/b11-4+;10-4+;6-4+;. The number of hydrazine groups is 2. The van der Waals surface area contributed by atoms with Crippen LogP contribution in [0.25, 0.3) is 35.3 Å². The molecule has 1 fully saturated rings. The summed E-state index contributed by atoms with van der Waals surface area (Å²) in [6.07, 6.45) is 20.6. The first-order valence-electron chi connectivity index (χ1n) is 30.4. The Morgan fingerprint density at radius 1 is 0.556 bits per heavy atom. The lowest BCUT2D eigenvalue weighted by Gasteiger charge is -2.28. The SMILES string of the molecule is COc1cc(/C=C/C(=O)NN)ccc1-n1cnc(C)c1.COc1cc(/C=C/C(=O)NNC(=O)CCC(=O)c2ccc(F)cc2)ccc1-n1cnc(C)c1.COc1cc(/C=C/C2=NN3C(=O)CCC3(c3ccc(F)cc3)O2)ccc1-n1cnc(C)c1.O=C(O)CCC(=O)c1ccc(F)cc1. The number of rotatable bonds is 21. The van der Waals surface area contributed by atoms with Gasteiger partial charge in [-0.1, -0.05) is 30.3 Å². The van der Waals surface area contributed by atoms with Crippen molar-refractivity contribution in [1.82, 2.24) is 49.9 Å². The number of hydrazone groups is 1. The molecule has 1 unspecified atom stereocenters. The summed E-state index contributed by atoms with van der Waals surface area (Å²) in [5.41, 5.74) is 14.6. The maximum Gasteiger partial charge on any atom is 0.303 e. The number of carboxylic acids is 1. The monoisotopic (exact) mass is 1350 g/mol. The van der Waals surface area contributed by atoms with Gasteiger partial charge in [-0.2, -0.15) is 5.01 Å². The number of imidazole rings is 3. The van der Waals surface area contributed by atoms with Crippen LogP contribution in [0.5, 0.6) is 17.2 Å². The van der Waals surface area contributed by atoms with Crippen molar-refractivity contribution in [3.63, 3.8) is 0 Å². The van der Waals surface area contributed by atoms with E-state index in [9.17, 15) is 46.7 Å². The molecule has 6 aromatic carbocycles. The highest BCUT2D eigenvalue weighted by Crippen LogP contribution is 2.45. The first kappa shape index (κ1) is 72.3. The molecule has 4 amide bonds. The van der Waals surface area contributed by atoms with E-state index in [4.69, 9.17) is 29.9 Å². The van der Waals surface area contributed by atoms with Crippen molar-refractivity contribution in [2.24, 2.45) is 10.9 Å². The van der Waals surface area contributed by atoms with Gasteiger partial charge in [0, 0.05) is 85.6 Å². The second-order valence-electron chi connectivity index (χ2n) is 21.9. The van der Waals surface area contributed by atoms with Gasteiger partial charge >= 0.3 is 5.97 Å². The molecular formula is C72H69F3N12O12. The summed E-state index contributed by atoms with van der Waals surface area (Å²) in [5.74, 6) is 2.97. The van der Waals surface area contributed by atoms with Crippen LogP contribution >= 0.6 is 0 Å². The number of amides is 4. The number of carboxylic acid groups (broad SMARTS) is 1.